The molecule has 2 aromatic carbocycles. The molecule has 0 aliphatic rings. The second-order valence-electron chi connectivity index (χ2n) is 4.63. The van der Waals surface area contributed by atoms with Gasteiger partial charge >= 0.3 is 0 Å². The number of ether oxygens (including phenoxy) is 1. The summed E-state index contributed by atoms with van der Waals surface area (Å²) in [5.74, 6) is -0.132. The van der Waals surface area contributed by atoms with Crippen LogP contribution in [0, 0.1) is 5.82 Å². The number of hydrogen-bond donors (Lipinski definition) is 0. The van der Waals surface area contributed by atoms with Crippen LogP contribution in [-0.2, 0) is 6.61 Å². The lowest BCUT2D eigenvalue weighted by molar-refractivity contribution is 0.290. The van der Waals surface area contributed by atoms with Crippen molar-refractivity contribution in [2.45, 2.75) is 6.61 Å². The number of hydrogen-bond acceptors (Lipinski definition) is 2. The summed E-state index contributed by atoms with van der Waals surface area (Å²) < 4.78 is 19.6. The quantitative estimate of drug-likeness (QED) is 0.703. The smallest absolute Gasteiger partial charge is 0.165 e. The molecule has 0 fully saturated rings. The number of benzene rings is 2. The van der Waals surface area contributed by atoms with Gasteiger partial charge < -0.3 is 4.74 Å². The molecule has 0 N–H and O–H groups in total. The minimum absolute atomic E-state index is 0.249. The van der Waals surface area contributed by atoms with Crippen LogP contribution in [0.25, 0.3) is 11.3 Å². The number of aromatic nitrogens is 1. The molecule has 0 unspecified atom stereocenters. The summed E-state index contributed by atoms with van der Waals surface area (Å²) in [6, 6.07) is 20.1. The number of rotatable bonds is 4. The highest BCUT2D eigenvalue weighted by atomic mass is 19.1. The van der Waals surface area contributed by atoms with Gasteiger partial charge in [0.05, 0.1) is 5.69 Å². The number of halogens is 1. The molecule has 0 atom stereocenters. The van der Waals surface area contributed by atoms with Crippen LogP contribution < -0.4 is 4.74 Å². The molecule has 0 radical (unpaired) electrons. The lowest BCUT2D eigenvalue weighted by Gasteiger charge is -2.08. The van der Waals surface area contributed by atoms with E-state index in [1.54, 1.807) is 12.3 Å². The SMILES string of the molecule is Fc1cc(-c2ccccn2)ccc1OCc1ccccc1. The lowest BCUT2D eigenvalue weighted by atomic mass is 10.1. The minimum Gasteiger partial charge on any atom is -0.486 e. The molecular weight excluding hydrogens is 265 g/mol. The Labute approximate surface area is 122 Å². The van der Waals surface area contributed by atoms with Gasteiger partial charge in [-0.1, -0.05) is 36.4 Å². The lowest BCUT2D eigenvalue weighted by Crippen LogP contribution is -1.97. The molecule has 3 aromatic rings. The van der Waals surface area contributed by atoms with E-state index in [2.05, 4.69) is 4.98 Å². The highest BCUT2D eigenvalue weighted by molar-refractivity contribution is 5.60. The molecule has 0 aliphatic carbocycles. The molecule has 104 valence electrons. The van der Waals surface area contributed by atoms with Crippen LogP contribution in [0.4, 0.5) is 4.39 Å². The molecule has 0 amide bonds. The summed E-state index contributed by atoms with van der Waals surface area (Å²) in [5.41, 5.74) is 2.48. The first-order valence-electron chi connectivity index (χ1n) is 6.70. The maximum Gasteiger partial charge on any atom is 0.165 e. The third kappa shape index (κ3) is 3.26. The van der Waals surface area contributed by atoms with Crippen molar-refractivity contribution in [1.29, 1.82) is 0 Å². The Balaban J connectivity index is 1.76. The Morgan fingerprint density at radius 3 is 2.43 bits per heavy atom. The minimum atomic E-state index is -0.380. The van der Waals surface area contributed by atoms with Crippen molar-refractivity contribution in [3.63, 3.8) is 0 Å². The van der Waals surface area contributed by atoms with E-state index in [1.165, 1.54) is 6.07 Å². The van der Waals surface area contributed by atoms with E-state index >= 15 is 0 Å². The Kier molecular flexibility index (Phi) is 3.92. The van der Waals surface area contributed by atoms with Crippen molar-refractivity contribution >= 4 is 0 Å². The predicted molar refractivity (Wildman–Crippen MR) is 80.4 cm³/mol. The zero-order valence-corrected chi connectivity index (χ0v) is 11.4. The summed E-state index contributed by atoms with van der Waals surface area (Å²) in [4.78, 5) is 4.21. The van der Waals surface area contributed by atoms with Gasteiger partial charge in [-0.25, -0.2) is 4.39 Å². The molecule has 3 rings (SSSR count). The van der Waals surface area contributed by atoms with Crippen LogP contribution in [0.15, 0.2) is 72.9 Å². The van der Waals surface area contributed by atoms with Crippen molar-refractivity contribution in [2.75, 3.05) is 0 Å². The summed E-state index contributed by atoms with van der Waals surface area (Å²) in [7, 11) is 0. The average molecular weight is 279 g/mol. The van der Waals surface area contributed by atoms with E-state index < -0.39 is 0 Å². The number of nitrogens with zero attached hydrogens (tertiary/aromatic N) is 1. The van der Waals surface area contributed by atoms with Crippen LogP contribution in [0.5, 0.6) is 5.75 Å². The highest BCUT2D eigenvalue weighted by Gasteiger charge is 2.07. The Bertz CT molecular complexity index is 714. The molecule has 0 bridgehead atoms. The zero-order valence-electron chi connectivity index (χ0n) is 11.4. The maximum absolute atomic E-state index is 14.1. The van der Waals surface area contributed by atoms with Gasteiger partial charge in [0.25, 0.3) is 0 Å². The van der Waals surface area contributed by atoms with Crippen molar-refractivity contribution in [3.05, 3.63) is 84.3 Å². The van der Waals surface area contributed by atoms with Crippen molar-refractivity contribution in [3.8, 4) is 17.0 Å². The Morgan fingerprint density at radius 1 is 0.905 bits per heavy atom. The van der Waals surface area contributed by atoms with E-state index in [1.807, 2.05) is 54.6 Å². The molecule has 0 spiro atoms. The van der Waals surface area contributed by atoms with Gasteiger partial charge in [0.1, 0.15) is 6.61 Å². The molecule has 21 heavy (non-hydrogen) atoms. The second-order valence-corrected chi connectivity index (χ2v) is 4.63. The third-order valence-electron chi connectivity index (χ3n) is 3.13. The maximum atomic E-state index is 14.1. The standard InChI is InChI=1S/C18H14FNO/c19-16-12-15(17-8-4-5-11-20-17)9-10-18(16)21-13-14-6-2-1-3-7-14/h1-12H,13H2. The highest BCUT2D eigenvalue weighted by Crippen LogP contribution is 2.24. The first-order valence-corrected chi connectivity index (χ1v) is 6.70. The van der Waals surface area contributed by atoms with Gasteiger partial charge in [-0.2, -0.15) is 0 Å². The van der Waals surface area contributed by atoms with Crippen molar-refractivity contribution in [2.24, 2.45) is 0 Å². The van der Waals surface area contributed by atoms with Gasteiger partial charge in [-0.05, 0) is 35.9 Å². The van der Waals surface area contributed by atoms with Crippen LogP contribution in [-0.4, -0.2) is 4.98 Å². The third-order valence-corrected chi connectivity index (χ3v) is 3.13. The first kappa shape index (κ1) is 13.3. The fraction of sp³-hybridized carbons (Fsp3) is 0.0556. The van der Waals surface area contributed by atoms with Gasteiger partial charge in [0, 0.05) is 11.8 Å². The van der Waals surface area contributed by atoms with E-state index in [9.17, 15) is 4.39 Å². The van der Waals surface area contributed by atoms with Gasteiger partial charge in [0.2, 0.25) is 0 Å². The predicted octanol–water partition coefficient (Wildman–Crippen LogP) is 4.47. The van der Waals surface area contributed by atoms with E-state index in [0.29, 0.717) is 6.61 Å². The second kappa shape index (κ2) is 6.18. The summed E-state index contributed by atoms with van der Waals surface area (Å²) in [5, 5.41) is 0. The van der Waals surface area contributed by atoms with Crippen LogP contribution >= 0.6 is 0 Å². The molecule has 0 saturated carbocycles. The monoisotopic (exact) mass is 279 g/mol. The fourth-order valence-corrected chi connectivity index (χ4v) is 2.05. The Hall–Kier alpha value is -2.68. The summed E-state index contributed by atoms with van der Waals surface area (Å²) >= 11 is 0. The van der Waals surface area contributed by atoms with E-state index in [0.717, 1.165) is 16.8 Å². The molecule has 1 aromatic heterocycles. The molecule has 0 saturated heterocycles. The Morgan fingerprint density at radius 2 is 1.71 bits per heavy atom. The summed E-state index contributed by atoms with van der Waals surface area (Å²) in [6.07, 6.45) is 1.69. The number of pyridine rings is 1. The largest absolute Gasteiger partial charge is 0.486 e. The van der Waals surface area contributed by atoms with Gasteiger partial charge in [0.15, 0.2) is 11.6 Å². The fourth-order valence-electron chi connectivity index (χ4n) is 2.05. The zero-order chi connectivity index (χ0) is 14.5. The summed E-state index contributed by atoms with van der Waals surface area (Å²) in [6.45, 7) is 0.348. The molecule has 3 heteroatoms. The topological polar surface area (TPSA) is 22.1 Å². The van der Waals surface area contributed by atoms with Crippen LogP contribution in [0.1, 0.15) is 5.56 Å². The molecule has 1 heterocycles. The molecular formula is C18H14FNO. The van der Waals surface area contributed by atoms with Crippen molar-refractivity contribution < 1.29 is 9.13 Å². The molecule has 0 aliphatic heterocycles. The van der Waals surface area contributed by atoms with E-state index in [4.69, 9.17) is 4.74 Å². The van der Waals surface area contributed by atoms with Crippen molar-refractivity contribution in [1.82, 2.24) is 4.98 Å². The molecule has 2 nitrogen and oxygen atoms in total. The first-order chi connectivity index (χ1) is 10.3. The normalized spacial score (nSPS) is 10.3. The van der Waals surface area contributed by atoms with E-state index in [-0.39, 0.29) is 11.6 Å². The van der Waals surface area contributed by atoms with Crippen LogP contribution in [0.2, 0.25) is 0 Å². The van der Waals surface area contributed by atoms with Gasteiger partial charge in [-0.3, -0.25) is 4.98 Å². The average Bonchev–Trinajstić information content (AvgIpc) is 2.55. The van der Waals surface area contributed by atoms with Gasteiger partial charge in [-0.15, -0.1) is 0 Å². The van der Waals surface area contributed by atoms with Crippen LogP contribution in [0.3, 0.4) is 0 Å².